The van der Waals surface area contributed by atoms with Crippen LogP contribution in [0.25, 0.3) is 0 Å². The van der Waals surface area contributed by atoms with Gasteiger partial charge in [0.05, 0.1) is 6.21 Å². The third-order valence-electron chi connectivity index (χ3n) is 3.88. The first-order chi connectivity index (χ1) is 14.2. The molecule has 0 aliphatic carbocycles. The third kappa shape index (κ3) is 6.95. The Morgan fingerprint density at radius 2 is 1.45 bits per heavy atom. The Bertz CT molecular complexity index is 973. The highest BCUT2D eigenvalue weighted by Gasteiger charge is 2.06. The average Bonchev–Trinajstić information content (AvgIpc) is 2.74. The minimum atomic E-state index is -0.332. The van der Waals surface area contributed by atoms with Gasteiger partial charge in [-0.05, 0) is 42.0 Å². The number of carbonyl (C=O) groups excluding carboxylic acids is 2. The Kier molecular flexibility index (Phi) is 7.12. The Labute approximate surface area is 169 Å². The molecular weight excluding hydrogens is 366 g/mol. The summed E-state index contributed by atoms with van der Waals surface area (Å²) in [5.41, 5.74) is 3.91. The molecule has 0 aliphatic rings. The van der Waals surface area contributed by atoms with Crippen LogP contribution in [-0.4, -0.2) is 18.0 Å². The van der Waals surface area contributed by atoms with E-state index in [0.717, 1.165) is 11.3 Å². The fraction of sp³-hybridized carbons (Fsp3) is 0.0870. The number of hydrogen-bond acceptors (Lipinski definition) is 4. The van der Waals surface area contributed by atoms with Crippen molar-refractivity contribution in [2.75, 3.05) is 5.32 Å². The lowest BCUT2D eigenvalue weighted by molar-refractivity contribution is -0.124. The molecule has 0 heterocycles. The van der Waals surface area contributed by atoms with E-state index < -0.39 is 0 Å². The topological polar surface area (TPSA) is 79.8 Å². The molecule has 0 saturated heterocycles. The molecule has 2 amide bonds. The van der Waals surface area contributed by atoms with Crippen LogP contribution in [0.15, 0.2) is 90.0 Å². The molecule has 3 rings (SSSR count). The smallest absolute Gasteiger partial charge is 0.240 e. The zero-order valence-electron chi connectivity index (χ0n) is 15.7. The Hall–Kier alpha value is -3.93. The van der Waals surface area contributed by atoms with E-state index >= 15 is 0 Å². The predicted molar refractivity (Wildman–Crippen MR) is 113 cm³/mol. The van der Waals surface area contributed by atoms with Crippen molar-refractivity contribution in [2.45, 2.75) is 12.8 Å². The summed E-state index contributed by atoms with van der Waals surface area (Å²) in [5, 5.41) is 6.67. The number of hydrogen-bond donors (Lipinski definition) is 2. The molecule has 0 fully saturated rings. The molecule has 146 valence electrons. The van der Waals surface area contributed by atoms with Gasteiger partial charge in [0, 0.05) is 18.5 Å². The van der Waals surface area contributed by atoms with E-state index in [1.807, 2.05) is 72.8 Å². The zero-order valence-corrected chi connectivity index (χ0v) is 15.7. The van der Waals surface area contributed by atoms with Gasteiger partial charge in [0.25, 0.3) is 0 Å². The molecule has 6 nitrogen and oxygen atoms in total. The molecule has 3 aromatic carbocycles. The van der Waals surface area contributed by atoms with Crippen LogP contribution in [0.2, 0.25) is 0 Å². The Morgan fingerprint density at radius 3 is 2.21 bits per heavy atom. The summed E-state index contributed by atoms with van der Waals surface area (Å²) in [6, 6.07) is 25.9. The lowest BCUT2D eigenvalue weighted by Crippen LogP contribution is -2.20. The molecule has 0 aromatic heterocycles. The van der Waals surface area contributed by atoms with Crippen LogP contribution >= 0.6 is 0 Å². The number of ether oxygens (including phenoxy) is 1. The van der Waals surface area contributed by atoms with E-state index in [0.29, 0.717) is 11.4 Å². The number of anilines is 1. The van der Waals surface area contributed by atoms with Gasteiger partial charge < -0.3 is 10.1 Å². The Morgan fingerprint density at radius 1 is 0.793 bits per heavy atom. The second-order valence-electron chi connectivity index (χ2n) is 6.19. The van der Waals surface area contributed by atoms with Gasteiger partial charge in [-0.25, -0.2) is 5.43 Å². The first kappa shape index (κ1) is 19.8. The summed E-state index contributed by atoms with van der Waals surface area (Å²) in [5.74, 6) is 0.856. The van der Waals surface area contributed by atoms with Gasteiger partial charge in [0.2, 0.25) is 11.8 Å². The second kappa shape index (κ2) is 10.4. The largest absolute Gasteiger partial charge is 0.457 e. The molecule has 0 spiro atoms. The van der Waals surface area contributed by atoms with Crippen molar-refractivity contribution in [3.63, 3.8) is 0 Å². The van der Waals surface area contributed by atoms with Crippen molar-refractivity contribution in [2.24, 2.45) is 5.10 Å². The van der Waals surface area contributed by atoms with E-state index in [-0.39, 0.29) is 24.7 Å². The molecule has 0 radical (unpaired) electrons. The molecule has 6 heteroatoms. The van der Waals surface area contributed by atoms with Crippen LogP contribution in [0.5, 0.6) is 11.5 Å². The maximum Gasteiger partial charge on any atom is 0.240 e. The summed E-state index contributed by atoms with van der Waals surface area (Å²) >= 11 is 0. The van der Waals surface area contributed by atoms with Crippen molar-refractivity contribution in [1.82, 2.24) is 5.43 Å². The highest BCUT2D eigenvalue weighted by atomic mass is 16.5. The van der Waals surface area contributed by atoms with Crippen LogP contribution < -0.4 is 15.5 Å². The monoisotopic (exact) mass is 387 g/mol. The molecule has 0 bridgehead atoms. The molecule has 3 aromatic rings. The van der Waals surface area contributed by atoms with Gasteiger partial charge in [0.1, 0.15) is 11.5 Å². The van der Waals surface area contributed by atoms with Crippen molar-refractivity contribution in [3.05, 3.63) is 90.5 Å². The molecule has 0 atom stereocenters. The van der Waals surface area contributed by atoms with Crippen LogP contribution in [0, 0.1) is 0 Å². The van der Waals surface area contributed by atoms with Crippen LogP contribution in [0.4, 0.5) is 5.69 Å². The van der Waals surface area contributed by atoms with Gasteiger partial charge in [-0.15, -0.1) is 0 Å². The van der Waals surface area contributed by atoms with Gasteiger partial charge in [-0.2, -0.15) is 5.10 Å². The number of amides is 2. The summed E-state index contributed by atoms with van der Waals surface area (Å²) in [6.07, 6.45) is 1.66. The van der Waals surface area contributed by atoms with Crippen LogP contribution in [0.3, 0.4) is 0 Å². The van der Waals surface area contributed by atoms with Crippen molar-refractivity contribution < 1.29 is 14.3 Å². The van der Waals surface area contributed by atoms with Gasteiger partial charge in [0.15, 0.2) is 0 Å². The maximum absolute atomic E-state index is 11.9. The highest BCUT2D eigenvalue weighted by molar-refractivity contribution is 5.93. The van der Waals surface area contributed by atoms with Gasteiger partial charge in [-0.1, -0.05) is 48.5 Å². The lowest BCUT2D eigenvalue weighted by atomic mass is 10.2. The molecular formula is C23H21N3O3. The van der Waals surface area contributed by atoms with Gasteiger partial charge >= 0.3 is 0 Å². The molecule has 2 N–H and O–H groups in total. The first-order valence-corrected chi connectivity index (χ1v) is 9.19. The van der Waals surface area contributed by atoms with Crippen molar-refractivity contribution in [1.29, 1.82) is 0 Å². The fourth-order valence-electron chi connectivity index (χ4n) is 2.49. The molecule has 29 heavy (non-hydrogen) atoms. The Balaban J connectivity index is 1.44. The summed E-state index contributed by atoms with van der Waals surface area (Å²) < 4.78 is 5.77. The van der Waals surface area contributed by atoms with Gasteiger partial charge in [-0.3, -0.25) is 9.59 Å². The second-order valence-corrected chi connectivity index (χ2v) is 6.19. The number of benzene rings is 3. The first-order valence-electron chi connectivity index (χ1n) is 9.19. The predicted octanol–water partition coefficient (Wildman–Crippen LogP) is 4.35. The minimum absolute atomic E-state index is 0.0488. The van der Waals surface area contributed by atoms with Crippen molar-refractivity contribution >= 4 is 23.7 Å². The van der Waals surface area contributed by atoms with E-state index in [2.05, 4.69) is 15.8 Å². The number of nitrogens with one attached hydrogen (secondary N) is 2. The van der Waals surface area contributed by atoms with E-state index in [4.69, 9.17) is 4.74 Å². The number of carbonyl (C=O) groups is 2. The quantitative estimate of drug-likeness (QED) is 0.445. The summed E-state index contributed by atoms with van der Waals surface area (Å²) in [4.78, 5) is 23.7. The lowest BCUT2D eigenvalue weighted by Gasteiger charge is -2.06. The fourth-order valence-corrected chi connectivity index (χ4v) is 2.49. The zero-order chi connectivity index (χ0) is 20.3. The molecule has 0 aliphatic heterocycles. The SMILES string of the molecule is O=C(CCC(=O)Nc1ccccc1)N/N=C\c1cccc(Oc2ccccc2)c1. The highest BCUT2D eigenvalue weighted by Crippen LogP contribution is 2.21. The van der Waals surface area contributed by atoms with E-state index in [9.17, 15) is 9.59 Å². The molecule has 0 saturated carbocycles. The maximum atomic E-state index is 11.9. The van der Waals surface area contributed by atoms with E-state index in [1.165, 1.54) is 6.21 Å². The molecule has 0 unspecified atom stereocenters. The number of hydrazone groups is 1. The third-order valence-corrected chi connectivity index (χ3v) is 3.88. The van der Waals surface area contributed by atoms with E-state index in [1.54, 1.807) is 12.1 Å². The number of rotatable bonds is 8. The summed E-state index contributed by atoms with van der Waals surface area (Å²) in [6.45, 7) is 0. The van der Waals surface area contributed by atoms with Crippen LogP contribution in [0.1, 0.15) is 18.4 Å². The van der Waals surface area contributed by atoms with Crippen LogP contribution in [-0.2, 0) is 9.59 Å². The number of nitrogens with zero attached hydrogens (tertiary/aromatic N) is 1. The standard InChI is InChI=1S/C23H21N3O3/c27-22(25-19-9-3-1-4-10-19)14-15-23(28)26-24-17-18-8-7-13-21(16-18)29-20-11-5-2-6-12-20/h1-13,16-17H,14-15H2,(H,25,27)(H,26,28)/b24-17-. The number of para-hydroxylation sites is 2. The summed E-state index contributed by atoms with van der Waals surface area (Å²) in [7, 11) is 0. The minimum Gasteiger partial charge on any atom is -0.457 e. The normalized spacial score (nSPS) is 10.5. The van der Waals surface area contributed by atoms with Crippen molar-refractivity contribution in [3.8, 4) is 11.5 Å². The average molecular weight is 387 g/mol.